The van der Waals surface area contributed by atoms with E-state index in [9.17, 15) is 13.2 Å². The van der Waals surface area contributed by atoms with Crippen LogP contribution in [0.5, 0.6) is 5.75 Å². The summed E-state index contributed by atoms with van der Waals surface area (Å²) >= 11 is 11.8. The van der Waals surface area contributed by atoms with E-state index >= 15 is 0 Å². The van der Waals surface area contributed by atoms with E-state index in [1.807, 2.05) is 0 Å². The molecule has 0 aromatic heterocycles. The summed E-state index contributed by atoms with van der Waals surface area (Å²) in [5.74, 6) is -0.0526. The van der Waals surface area contributed by atoms with Gasteiger partial charge in [0.15, 0.2) is 16.4 Å². The molecule has 0 unspecified atom stereocenters. The zero-order valence-corrected chi connectivity index (χ0v) is 13.7. The van der Waals surface area contributed by atoms with Gasteiger partial charge in [0, 0.05) is 0 Å². The predicted octanol–water partition coefficient (Wildman–Crippen LogP) is 2.07. The van der Waals surface area contributed by atoms with Gasteiger partial charge in [-0.3, -0.25) is 4.79 Å². The topological polar surface area (TPSA) is 72.5 Å². The van der Waals surface area contributed by atoms with Gasteiger partial charge < -0.3 is 10.1 Å². The Kier molecular flexibility index (Phi) is 4.70. The number of benzene rings is 1. The second-order valence-electron chi connectivity index (χ2n) is 5.29. The molecular weight excluding hydrogens is 337 g/mol. The monoisotopic (exact) mass is 351 g/mol. The third kappa shape index (κ3) is 4.25. The Labute approximate surface area is 133 Å². The summed E-state index contributed by atoms with van der Waals surface area (Å²) in [4.78, 5) is 11.9. The van der Waals surface area contributed by atoms with Gasteiger partial charge in [-0.2, -0.15) is 0 Å². The van der Waals surface area contributed by atoms with Crippen molar-refractivity contribution in [2.24, 2.45) is 0 Å². The average molecular weight is 352 g/mol. The molecule has 1 aromatic carbocycles. The van der Waals surface area contributed by atoms with Crippen LogP contribution in [0.25, 0.3) is 0 Å². The number of ether oxygens (including phenoxy) is 1. The lowest BCUT2D eigenvalue weighted by molar-refractivity contribution is -0.124. The summed E-state index contributed by atoms with van der Waals surface area (Å²) in [5, 5.41) is 3.27. The second-order valence-corrected chi connectivity index (χ2v) is 8.26. The lowest BCUT2D eigenvalue weighted by Gasteiger charge is -2.23. The van der Waals surface area contributed by atoms with Crippen molar-refractivity contribution in [2.75, 3.05) is 18.1 Å². The Morgan fingerprint density at radius 3 is 2.76 bits per heavy atom. The summed E-state index contributed by atoms with van der Waals surface area (Å²) < 4.78 is 28.3. The van der Waals surface area contributed by atoms with E-state index in [1.165, 1.54) is 0 Å². The highest BCUT2D eigenvalue weighted by Crippen LogP contribution is 2.31. The van der Waals surface area contributed by atoms with Gasteiger partial charge in [0.2, 0.25) is 0 Å². The van der Waals surface area contributed by atoms with E-state index in [-0.39, 0.29) is 23.1 Å². The van der Waals surface area contributed by atoms with Gasteiger partial charge in [-0.1, -0.05) is 29.3 Å². The molecule has 1 aromatic rings. The predicted molar refractivity (Wildman–Crippen MR) is 81.8 cm³/mol. The molecule has 0 saturated carbocycles. The van der Waals surface area contributed by atoms with Crippen LogP contribution < -0.4 is 10.1 Å². The van der Waals surface area contributed by atoms with Crippen LogP contribution >= 0.6 is 23.2 Å². The zero-order chi connectivity index (χ0) is 15.7. The lowest BCUT2D eigenvalue weighted by atomic mass is 10.0. The van der Waals surface area contributed by atoms with Crippen molar-refractivity contribution in [3.63, 3.8) is 0 Å². The number of rotatable bonds is 4. The zero-order valence-electron chi connectivity index (χ0n) is 11.4. The van der Waals surface area contributed by atoms with E-state index in [2.05, 4.69) is 5.32 Å². The highest BCUT2D eigenvalue weighted by Gasteiger charge is 2.39. The van der Waals surface area contributed by atoms with Gasteiger partial charge in [-0.15, -0.1) is 0 Å². The fraction of sp³-hybridized carbons (Fsp3) is 0.462. The number of hydrogen-bond donors (Lipinski definition) is 1. The molecule has 1 amide bonds. The molecule has 1 atom stereocenters. The Morgan fingerprint density at radius 1 is 1.43 bits per heavy atom. The molecule has 1 heterocycles. The first-order valence-corrected chi connectivity index (χ1v) is 8.87. The Balaban J connectivity index is 1.93. The van der Waals surface area contributed by atoms with Crippen molar-refractivity contribution in [1.82, 2.24) is 5.32 Å². The minimum absolute atomic E-state index is 0.0519. The number of sulfone groups is 1. The molecule has 1 aliphatic rings. The maximum Gasteiger partial charge on any atom is 0.258 e. The maximum absolute atomic E-state index is 11.9. The van der Waals surface area contributed by atoms with Gasteiger partial charge >= 0.3 is 0 Å². The number of halogens is 2. The molecule has 8 heteroatoms. The smallest absolute Gasteiger partial charge is 0.258 e. The molecule has 0 aliphatic carbocycles. The Morgan fingerprint density at radius 2 is 2.14 bits per heavy atom. The van der Waals surface area contributed by atoms with Crippen molar-refractivity contribution in [2.45, 2.75) is 18.9 Å². The van der Waals surface area contributed by atoms with Crippen LogP contribution in [0, 0.1) is 0 Å². The first-order chi connectivity index (χ1) is 9.71. The number of nitrogens with one attached hydrogen (secondary N) is 1. The highest BCUT2D eigenvalue weighted by atomic mass is 35.5. The van der Waals surface area contributed by atoms with Gasteiger partial charge in [0.25, 0.3) is 5.91 Å². The molecule has 116 valence electrons. The molecule has 1 fully saturated rings. The maximum atomic E-state index is 11.9. The fourth-order valence-corrected chi connectivity index (χ4v) is 4.66. The number of hydrogen-bond acceptors (Lipinski definition) is 4. The minimum atomic E-state index is -3.07. The number of carbonyl (C=O) groups excluding carboxylic acids is 1. The summed E-state index contributed by atoms with van der Waals surface area (Å²) in [6, 6.07) is 4.87. The molecule has 21 heavy (non-hydrogen) atoms. The van der Waals surface area contributed by atoms with E-state index in [1.54, 1.807) is 25.1 Å². The molecule has 0 bridgehead atoms. The molecule has 5 nitrogen and oxygen atoms in total. The SMILES string of the molecule is C[C@@]1(NC(=O)COc2cccc(Cl)c2Cl)CCS(=O)(=O)C1. The van der Waals surface area contributed by atoms with Crippen LogP contribution in [-0.2, 0) is 14.6 Å². The summed E-state index contributed by atoms with van der Waals surface area (Å²) in [6.07, 6.45) is 0.402. The van der Waals surface area contributed by atoms with Crippen molar-refractivity contribution in [3.05, 3.63) is 28.2 Å². The molecular formula is C13H15Cl2NO4S. The van der Waals surface area contributed by atoms with E-state index < -0.39 is 21.3 Å². The third-order valence-corrected chi connectivity index (χ3v) is 5.92. The number of carbonyl (C=O) groups is 1. The van der Waals surface area contributed by atoms with Gasteiger partial charge in [0.05, 0.1) is 22.1 Å². The van der Waals surface area contributed by atoms with Crippen molar-refractivity contribution in [1.29, 1.82) is 0 Å². The van der Waals surface area contributed by atoms with Gasteiger partial charge in [-0.05, 0) is 25.5 Å². The van der Waals surface area contributed by atoms with Crippen LogP contribution in [-0.4, -0.2) is 38.0 Å². The van der Waals surface area contributed by atoms with Crippen LogP contribution in [0.1, 0.15) is 13.3 Å². The van der Waals surface area contributed by atoms with E-state index in [0.29, 0.717) is 17.2 Å². The minimum Gasteiger partial charge on any atom is -0.482 e. The molecule has 0 spiro atoms. The summed E-state index contributed by atoms with van der Waals surface area (Å²) in [5.41, 5.74) is -0.739. The molecule has 1 aliphatic heterocycles. The molecule has 1 N–H and O–H groups in total. The second kappa shape index (κ2) is 6.02. The van der Waals surface area contributed by atoms with Crippen LogP contribution in [0.2, 0.25) is 10.0 Å². The number of amides is 1. The average Bonchev–Trinajstić information content (AvgIpc) is 2.65. The van der Waals surface area contributed by atoms with Gasteiger partial charge in [-0.25, -0.2) is 8.42 Å². The van der Waals surface area contributed by atoms with E-state index in [0.717, 1.165) is 0 Å². The normalized spacial score (nSPS) is 23.8. The van der Waals surface area contributed by atoms with Crippen molar-refractivity contribution < 1.29 is 17.9 Å². The fourth-order valence-electron chi connectivity index (χ4n) is 2.22. The molecule has 0 radical (unpaired) electrons. The van der Waals surface area contributed by atoms with Crippen molar-refractivity contribution >= 4 is 38.9 Å². The van der Waals surface area contributed by atoms with E-state index in [4.69, 9.17) is 27.9 Å². The highest BCUT2D eigenvalue weighted by molar-refractivity contribution is 7.91. The van der Waals surface area contributed by atoms with Crippen LogP contribution in [0.15, 0.2) is 18.2 Å². The molecule has 1 saturated heterocycles. The van der Waals surface area contributed by atoms with Crippen LogP contribution in [0.4, 0.5) is 0 Å². The first-order valence-electron chi connectivity index (χ1n) is 6.29. The standard InChI is InChI=1S/C13H15Cl2NO4S/c1-13(5-6-21(18,19)8-13)16-11(17)7-20-10-4-2-3-9(14)12(10)15/h2-4H,5-8H2,1H3,(H,16,17)/t13-/m1/s1. The summed E-state index contributed by atoms with van der Waals surface area (Å²) in [7, 11) is -3.07. The lowest BCUT2D eigenvalue weighted by Crippen LogP contribution is -2.48. The largest absolute Gasteiger partial charge is 0.482 e. The molecule has 2 rings (SSSR count). The Hall–Kier alpha value is -0.980. The quantitative estimate of drug-likeness (QED) is 0.900. The first kappa shape index (κ1) is 16.4. The van der Waals surface area contributed by atoms with Gasteiger partial charge in [0.1, 0.15) is 10.8 Å². The third-order valence-electron chi connectivity index (χ3n) is 3.22. The van der Waals surface area contributed by atoms with Crippen LogP contribution in [0.3, 0.4) is 0 Å². The van der Waals surface area contributed by atoms with Crippen molar-refractivity contribution in [3.8, 4) is 5.75 Å². The Bertz CT molecular complexity index is 662. The summed E-state index contributed by atoms with van der Waals surface area (Å²) in [6.45, 7) is 1.46.